The van der Waals surface area contributed by atoms with Crippen LogP contribution in [-0.2, 0) is 20.5 Å². The van der Waals surface area contributed by atoms with Crippen molar-refractivity contribution in [2.24, 2.45) is 0 Å². The SMILES string of the molecule is O=C1OC2(c3ccc(OS(=O)(=O)C(F)(F)F)cc3Oc3c2ccc2ccccc32)c2ccccc21. The van der Waals surface area contributed by atoms with Crippen molar-refractivity contribution in [2.75, 3.05) is 0 Å². The minimum Gasteiger partial charge on any atom is -0.456 e. The molecule has 10 heteroatoms. The summed E-state index contributed by atoms with van der Waals surface area (Å²) in [5, 5.41) is 1.49. The van der Waals surface area contributed by atoms with Crippen LogP contribution in [0.1, 0.15) is 27.0 Å². The molecule has 0 bridgehead atoms. The molecule has 4 aromatic rings. The lowest BCUT2D eigenvalue weighted by atomic mass is 9.77. The van der Waals surface area contributed by atoms with Crippen LogP contribution >= 0.6 is 0 Å². The van der Waals surface area contributed by atoms with Gasteiger partial charge in [-0.05, 0) is 29.7 Å². The van der Waals surface area contributed by atoms with Crippen molar-refractivity contribution in [3.8, 4) is 17.2 Å². The Hall–Kier alpha value is -4.05. The van der Waals surface area contributed by atoms with Crippen LogP contribution in [0.25, 0.3) is 10.8 Å². The monoisotopic (exact) mass is 498 g/mol. The van der Waals surface area contributed by atoms with Gasteiger partial charge >= 0.3 is 21.6 Å². The first-order valence-electron chi connectivity index (χ1n) is 10.3. The van der Waals surface area contributed by atoms with Crippen LogP contribution in [0, 0.1) is 0 Å². The van der Waals surface area contributed by atoms with Crippen molar-refractivity contribution in [3.63, 3.8) is 0 Å². The molecular weight excluding hydrogens is 485 g/mol. The van der Waals surface area contributed by atoms with E-state index in [1.165, 1.54) is 6.07 Å². The Labute approximate surface area is 196 Å². The van der Waals surface area contributed by atoms with E-state index < -0.39 is 32.9 Å². The first kappa shape index (κ1) is 21.5. The van der Waals surface area contributed by atoms with Gasteiger partial charge in [0.25, 0.3) is 0 Å². The van der Waals surface area contributed by atoms with Crippen LogP contribution in [0.3, 0.4) is 0 Å². The lowest BCUT2D eigenvalue weighted by molar-refractivity contribution is -0.0500. The topological polar surface area (TPSA) is 78.9 Å². The molecule has 0 fully saturated rings. The first-order chi connectivity index (χ1) is 16.6. The van der Waals surface area contributed by atoms with Gasteiger partial charge in [0.15, 0.2) is 5.60 Å². The fraction of sp³-hybridized carbons (Fsp3) is 0.0800. The predicted molar refractivity (Wildman–Crippen MR) is 118 cm³/mol. The van der Waals surface area contributed by atoms with E-state index in [1.54, 1.807) is 42.5 Å². The number of rotatable bonds is 2. The summed E-state index contributed by atoms with van der Waals surface area (Å²) >= 11 is 0. The summed E-state index contributed by atoms with van der Waals surface area (Å²) in [4.78, 5) is 12.9. The second-order valence-electron chi connectivity index (χ2n) is 8.02. The van der Waals surface area contributed by atoms with Crippen molar-refractivity contribution in [2.45, 2.75) is 11.1 Å². The number of esters is 1. The van der Waals surface area contributed by atoms with E-state index in [-0.39, 0.29) is 5.75 Å². The van der Waals surface area contributed by atoms with Crippen molar-refractivity contribution in [1.82, 2.24) is 0 Å². The Morgan fingerprint density at radius 1 is 0.829 bits per heavy atom. The van der Waals surface area contributed by atoms with Gasteiger partial charge in [-0.3, -0.25) is 0 Å². The van der Waals surface area contributed by atoms with Crippen molar-refractivity contribution < 1.29 is 40.0 Å². The average molecular weight is 498 g/mol. The van der Waals surface area contributed by atoms with Gasteiger partial charge in [-0.15, -0.1) is 0 Å². The molecule has 2 aliphatic rings. The van der Waals surface area contributed by atoms with E-state index >= 15 is 0 Å². The third-order valence-electron chi connectivity index (χ3n) is 6.06. The van der Waals surface area contributed by atoms with E-state index in [2.05, 4.69) is 4.18 Å². The van der Waals surface area contributed by atoms with Gasteiger partial charge in [0.1, 0.15) is 17.2 Å². The smallest absolute Gasteiger partial charge is 0.456 e. The molecule has 6 nitrogen and oxygen atoms in total. The zero-order valence-electron chi connectivity index (χ0n) is 17.5. The highest BCUT2D eigenvalue weighted by molar-refractivity contribution is 7.88. The predicted octanol–water partition coefficient (Wildman–Crippen LogP) is 5.64. The van der Waals surface area contributed by atoms with Gasteiger partial charge in [0.2, 0.25) is 0 Å². The van der Waals surface area contributed by atoms with Gasteiger partial charge in [-0.1, -0.05) is 48.5 Å². The number of benzene rings is 4. The standard InChI is InChI=1S/C25H13F3O6S/c26-25(27,28)35(30,31)34-15-10-12-19-21(13-15)32-22-16-6-2-1-5-14(16)9-11-20(22)24(19)18-8-4-3-7-17(18)23(29)33-24/h1-13H. The highest BCUT2D eigenvalue weighted by Crippen LogP contribution is 2.57. The zero-order valence-corrected chi connectivity index (χ0v) is 18.3. The molecular formula is C25H13F3O6S. The lowest BCUT2D eigenvalue weighted by Gasteiger charge is -2.37. The van der Waals surface area contributed by atoms with Gasteiger partial charge in [-0.25, -0.2) is 4.79 Å². The highest BCUT2D eigenvalue weighted by Gasteiger charge is 2.54. The number of hydrogen-bond acceptors (Lipinski definition) is 6. The molecule has 0 saturated heterocycles. The van der Waals surface area contributed by atoms with Gasteiger partial charge < -0.3 is 13.7 Å². The van der Waals surface area contributed by atoms with Crippen LogP contribution in [0.15, 0.2) is 78.9 Å². The Morgan fingerprint density at radius 3 is 2.34 bits per heavy atom. The van der Waals surface area contributed by atoms with Crippen LogP contribution in [-0.4, -0.2) is 19.9 Å². The molecule has 1 unspecified atom stereocenters. The largest absolute Gasteiger partial charge is 0.534 e. The highest BCUT2D eigenvalue weighted by atomic mass is 32.2. The van der Waals surface area contributed by atoms with E-state index in [1.807, 2.05) is 18.2 Å². The Kier molecular flexibility index (Phi) is 4.29. The second kappa shape index (κ2) is 6.98. The van der Waals surface area contributed by atoms with E-state index in [9.17, 15) is 26.4 Å². The Balaban J connectivity index is 1.62. The summed E-state index contributed by atoms with van der Waals surface area (Å²) < 4.78 is 78.2. The van der Waals surface area contributed by atoms with Gasteiger partial charge in [0.05, 0.1) is 5.56 Å². The summed E-state index contributed by atoms with van der Waals surface area (Å²) in [7, 11) is -5.90. The summed E-state index contributed by atoms with van der Waals surface area (Å²) in [6.07, 6.45) is 0. The number of carbonyl (C=O) groups excluding carboxylic acids is 1. The molecule has 35 heavy (non-hydrogen) atoms. The quantitative estimate of drug-likeness (QED) is 0.202. The molecule has 0 amide bonds. The number of carbonyl (C=O) groups is 1. The third kappa shape index (κ3) is 2.96. The molecule has 4 aromatic carbocycles. The van der Waals surface area contributed by atoms with Crippen molar-refractivity contribution >= 4 is 26.9 Å². The fourth-order valence-electron chi connectivity index (χ4n) is 4.61. The number of fused-ring (bicyclic) bond motifs is 8. The summed E-state index contributed by atoms with van der Waals surface area (Å²) in [6, 6.07) is 21.1. The molecule has 2 heterocycles. The van der Waals surface area contributed by atoms with Crippen LogP contribution in [0.5, 0.6) is 17.2 Å². The van der Waals surface area contributed by atoms with Crippen LogP contribution in [0.2, 0.25) is 0 Å². The zero-order chi connectivity index (χ0) is 24.6. The fourth-order valence-corrected chi connectivity index (χ4v) is 5.06. The molecule has 2 aliphatic heterocycles. The lowest BCUT2D eigenvalue weighted by Crippen LogP contribution is -2.33. The van der Waals surface area contributed by atoms with E-state index in [0.717, 1.165) is 17.5 Å². The minimum absolute atomic E-state index is 0.00627. The summed E-state index contributed by atoms with van der Waals surface area (Å²) in [5.41, 5.74) is -5.36. The molecule has 0 radical (unpaired) electrons. The van der Waals surface area contributed by atoms with Crippen molar-refractivity contribution in [3.05, 3.63) is 101 Å². The molecule has 0 aromatic heterocycles. The number of halogens is 3. The molecule has 0 saturated carbocycles. The van der Waals surface area contributed by atoms with Gasteiger partial charge in [-0.2, -0.15) is 21.6 Å². The first-order valence-corrected chi connectivity index (χ1v) is 11.7. The average Bonchev–Trinajstić information content (AvgIpc) is 3.11. The molecule has 1 spiro atoms. The molecule has 0 N–H and O–H groups in total. The Morgan fingerprint density at radius 2 is 1.54 bits per heavy atom. The number of hydrogen-bond donors (Lipinski definition) is 0. The van der Waals surface area contributed by atoms with E-state index in [4.69, 9.17) is 9.47 Å². The minimum atomic E-state index is -5.90. The van der Waals surface area contributed by atoms with Crippen LogP contribution in [0.4, 0.5) is 13.2 Å². The molecule has 0 aliphatic carbocycles. The van der Waals surface area contributed by atoms with E-state index in [0.29, 0.717) is 33.4 Å². The number of ether oxygens (including phenoxy) is 2. The molecule has 6 rings (SSSR count). The van der Waals surface area contributed by atoms with Crippen LogP contribution < -0.4 is 8.92 Å². The molecule has 176 valence electrons. The summed E-state index contributed by atoms with van der Waals surface area (Å²) in [6.45, 7) is 0. The normalized spacial score (nSPS) is 18.4. The van der Waals surface area contributed by atoms with Crippen molar-refractivity contribution in [1.29, 1.82) is 0 Å². The third-order valence-corrected chi connectivity index (χ3v) is 7.04. The van der Waals surface area contributed by atoms with Gasteiger partial charge in [0, 0.05) is 28.1 Å². The maximum atomic E-state index is 12.9. The molecule has 1 atom stereocenters. The second-order valence-corrected chi connectivity index (χ2v) is 9.56. The maximum absolute atomic E-state index is 12.9. The maximum Gasteiger partial charge on any atom is 0.534 e. The number of alkyl halides is 3. The Bertz CT molecular complexity index is 1660. The summed E-state index contributed by atoms with van der Waals surface area (Å²) in [5.74, 6) is -0.853.